The average Bonchev–Trinajstić information content (AvgIpc) is 2.93. The second-order valence-corrected chi connectivity index (χ2v) is 5.31. The molecule has 5 heteroatoms. The van der Waals surface area contributed by atoms with Crippen LogP contribution >= 0.6 is 11.3 Å². The van der Waals surface area contributed by atoms with E-state index in [4.69, 9.17) is 4.84 Å². The molecule has 0 aliphatic rings. The highest BCUT2D eigenvalue weighted by atomic mass is 32.1. The van der Waals surface area contributed by atoms with E-state index in [-0.39, 0.29) is 0 Å². The summed E-state index contributed by atoms with van der Waals surface area (Å²) in [5, 5.41) is 4.11. The third-order valence-corrected chi connectivity index (χ3v) is 4.30. The molecule has 3 aromatic rings. The minimum atomic E-state index is 0.585. The highest BCUT2D eigenvalue weighted by Crippen LogP contribution is 2.28. The number of oxime groups is 1. The molecule has 0 amide bonds. The zero-order valence-corrected chi connectivity index (χ0v) is 12.0. The fourth-order valence-corrected chi connectivity index (χ4v) is 3.28. The summed E-state index contributed by atoms with van der Waals surface area (Å²) in [7, 11) is 0. The van der Waals surface area contributed by atoms with Gasteiger partial charge in [0.15, 0.2) is 4.96 Å². The number of fused-ring (bicyclic) bond motifs is 3. The molecule has 0 unspecified atom stereocenters. The lowest BCUT2D eigenvalue weighted by molar-refractivity contribution is 0.159. The monoisotopic (exact) mass is 273 g/mol. The second kappa shape index (κ2) is 4.66. The van der Waals surface area contributed by atoms with Gasteiger partial charge in [0, 0.05) is 5.69 Å². The first kappa shape index (κ1) is 12.2. The number of nitrogens with zero attached hydrogens (tertiary/aromatic N) is 3. The molecule has 1 aromatic carbocycles. The molecule has 0 fully saturated rings. The Morgan fingerprint density at radius 1 is 1.42 bits per heavy atom. The van der Waals surface area contributed by atoms with Crippen molar-refractivity contribution in [1.29, 1.82) is 0 Å². The molecule has 0 saturated carbocycles. The number of imidazole rings is 1. The van der Waals surface area contributed by atoms with Gasteiger partial charge >= 0.3 is 0 Å². The van der Waals surface area contributed by atoms with Crippen molar-refractivity contribution < 1.29 is 4.84 Å². The molecule has 3 rings (SSSR count). The van der Waals surface area contributed by atoms with Crippen LogP contribution in [0.4, 0.5) is 0 Å². The number of rotatable bonds is 3. The molecular weight excluding hydrogens is 258 g/mol. The molecule has 0 N–H and O–H groups in total. The van der Waals surface area contributed by atoms with Gasteiger partial charge in [0.05, 0.1) is 21.6 Å². The van der Waals surface area contributed by atoms with Crippen molar-refractivity contribution in [3.8, 4) is 0 Å². The van der Waals surface area contributed by atoms with Gasteiger partial charge in [0.2, 0.25) is 0 Å². The molecule has 0 radical (unpaired) electrons. The Hall–Kier alpha value is -1.88. The van der Waals surface area contributed by atoms with Crippen molar-refractivity contribution in [2.24, 2.45) is 5.16 Å². The maximum absolute atomic E-state index is 5.13. The normalized spacial score (nSPS) is 12.5. The van der Waals surface area contributed by atoms with Crippen molar-refractivity contribution in [1.82, 2.24) is 9.38 Å². The first-order valence-electron chi connectivity index (χ1n) is 6.26. The zero-order chi connectivity index (χ0) is 13.4. The van der Waals surface area contributed by atoms with Crippen LogP contribution in [0.3, 0.4) is 0 Å². The lowest BCUT2D eigenvalue weighted by atomic mass is 10.3. The van der Waals surface area contributed by atoms with Crippen LogP contribution in [-0.4, -0.2) is 21.7 Å². The Labute approximate surface area is 115 Å². The molecular formula is C14H15N3OS. The average molecular weight is 273 g/mol. The van der Waals surface area contributed by atoms with Gasteiger partial charge < -0.3 is 4.84 Å². The Morgan fingerprint density at radius 2 is 2.21 bits per heavy atom. The Bertz CT molecular complexity index is 770. The summed E-state index contributed by atoms with van der Waals surface area (Å²) in [6.45, 7) is 6.58. The number of para-hydroxylation sites is 2. The van der Waals surface area contributed by atoms with Gasteiger partial charge in [0.1, 0.15) is 6.61 Å². The number of thiazole rings is 1. The predicted octanol–water partition coefficient (Wildman–Crippen LogP) is 3.62. The molecule has 0 spiro atoms. The van der Waals surface area contributed by atoms with Crippen molar-refractivity contribution in [3.63, 3.8) is 0 Å². The molecule has 2 aromatic heterocycles. The fraction of sp³-hybridized carbons (Fsp3) is 0.286. The van der Waals surface area contributed by atoms with Crippen LogP contribution < -0.4 is 0 Å². The van der Waals surface area contributed by atoms with Crippen LogP contribution in [-0.2, 0) is 4.84 Å². The van der Waals surface area contributed by atoms with Gasteiger partial charge in [-0.3, -0.25) is 4.40 Å². The minimum Gasteiger partial charge on any atom is -0.396 e. The van der Waals surface area contributed by atoms with Crippen molar-refractivity contribution in [2.75, 3.05) is 6.61 Å². The summed E-state index contributed by atoms with van der Waals surface area (Å²) in [4.78, 5) is 11.9. The number of aromatic nitrogens is 2. The summed E-state index contributed by atoms with van der Waals surface area (Å²) < 4.78 is 2.18. The largest absolute Gasteiger partial charge is 0.396 e. The maximum Gasteiger partial charge on any atom is 0.195 e. The second-order valence-electron chi connectivity index (χ2n) is 4.33. The first-order chi connectivity index (χ1) is 9.22. The van der Waals surface area contributed by atoms with Gasteiger partial charge in [0.25, 0.3) is 0 Å². The van der Waals surface area contributed by atoms with E-state index in [0.29, 0.717) is 6.61 Å². The Balaban J connectivity index is 2.21. The summed E-state index contributed by atoms with van der Waals surface area (Å²) in [5.41, 5.74) is 4.23. The third kappa shape index (κ3) is 1.90. The third-order valence-electron chi connectivity index (χ3n) is 3.05. The molecule has 0 aliphatic carbocycles. The molecule has 0 aliphatic heterocycles. The van der Waals surface area contributed by atoms with Crippen molar-refractivity contribution >= 4 is 33.0 Å². The Morgan fingerprint density at radius 3 is 3.00 bits per heavy atom. The maximum atomic E-state index is 5.13. The van der Waals surface area contributed by atoms with Gasteiger partial charge in [-0.15, -0.1) is 0 Å². The lowest BCUT2D eigenvalue weighted by Crippen LogP contribution is -1.97. The number of aryl methyl sites for hydroxylation is 1. The predicted molar refractivity (Wildman–Crippen MR) is 79.1 cm³/mol. The highest BCUT2D eigenvalue weighted by Gasteiger charge is 2.15. The van der Waals surface area contributed by atoms with Gasteiger partial charge in [-0.25, -0.2) is 4.98 Å². The quantitative estimate of drug-likeness (QED) is 0.540. The van der Waals surface area contributed by atoms with Crippen LogP contribution in [0.1, 0.15) is 24.4 Å². The SMILES string of the molecule is CCO/N=C(/C)c1sc2nc3ccccc3n2c1C. The first-order valence-corrected chi connectivity index (χ1v) is 7.07. The standard InChI is InChI=1S/C14H15N3OS/c1-4-18-16-9(2)13-10(3)17-12-8-6-5-7-11(12)15-14(17)19-13/h5-8H,4H2,1-3H3/b16-9-. The number of hydrogen-bond donors (Lipinski definition) is 0. The van der Waals surface area contributed by atoms with Crippen LogP contribution in [0.15, 0.2) is 29.4 Å². The van der Waals surface area contributed by atoms with Gasteiger partial charge in [-0.2, -0.15) is 0 Å². The topological polar surface area (TPSA) is 38.9 Å². The van der Waals surface area contributed by atoms with E-state index >= 15 is 0 Å². The molecule has 0 atom stereocenters. The van der Waals surface area contributed by atoms with E-state index in [1.54, 1.807) is 11.3 Å². The fourth-order valence-electron chi connectivity index (χ4n) is 2.20. The molecule has 19 heavy (non-hydrogen) atoms. The summed E-state index contributed by atoms with van der Waals surface area (Å²) in [6.07, 6.45) is 0. The van der Waals surface area contributed by atoms with E-state index in [1.165, 1.54) is 0 Å². The van der Waals surface area contributed by atoms with Crippen LogP contribution in [0.5, 0.6) is 0 Å². The molecule has 4 nitrogen and oxygen atoms in total. The lowest BCUT2D eigenvalue weighted by Gasteiger charge is -2.00. The molecule has 98 valence electrons. The van der Waals surface area contributed by atoms with Crippen LogP contribution in [0.2, 0.25) is 0 Å². The molecule has 0 bridgehead atoms. The van der Waals surface area contributed by atoms with Crippen molar-refractivity contribution in [3.05, 3.63) is 34.8 Å². The van der Waals surface area contributed by atoms with E-state index in [2.05, 4.69) is 27.5 Å². The van der Waals surface area contributed by atoms with E-state index < -0.39 is 0 Å². The summed E-state index contributed by atoms with van der Waals surface area (Å²) in [6, 6.07) is 8.18. The molecule has 0 saturated heterocycles. The summed E-state index contributed by atoms with van der Waals surface area (Å²) in [5.74, 6) is 0. The highest BCUT2D eigenvalue weighted by molar-refractivity contribution is 7.19. The van der Waals surface area contributed by atoms with Gasteiger partial charge in [-0.1, -0.05) is 28.6 Å². The van der Waals surface area contributed by atoms with Crippen molar-refractivity contribution in [2.45, 2.75) is 20.8 Å². The zero-order valence-electron chi connectivity index (χ0n) is 11.2. The van der Waals surface area contributed by atoms with Gasteiger partial charge in [-0.05, 0) is 32.9 Å². The number of hydrogen-bond acceptors (Lipinski definition) is 4. The smallest absolute Gasteiger partial charge is 0.195 e. The minimum absolute atomic E-state index is 0.585. The van der Waals surface area contributed by atoms with Crippen LogP contribution in [0.25, 0.3) is 16.0 Å². The number of benzene rings is 1. The Kier molecular flexibility index (Phi) is 2.98. The van der Waals surface area contributed by atoms with E-state index in [9.17, 15) is 0 Å². The molecule has 2 heterocycles. The van der Waals surface area contributed by atoms with E-state index in [0.717, 1.165) is 32.3 Å². The van der Waals surface area contributed by atoms with E-state index in [1.807, 2.05) is 32.0 Å². The summed E-state index contributed by atoms with van der Waals surface area (Å²) >= 11 is 1.65. The van der Waals surface area contributed by atoms with Crippen LogP contribution in [0, 0.1) is 6.92 Å².